The average molecular weight is 108 g/mol. The zero-order valence-electron chi connectivity index (χ0n) is 4.76. The minimum absolute atomic E-state index is 0.907. The highest BCUT2D eigenvalue weighted by Crippen LogP contribution is 2.15. The van der Waals surface area contributed by atoms with Gasteiger partial charge in [0, 0.05) is 5.57 Å². The number of aliphatic hydroxyl groups excluding tert-OH is 1. The molecule has 42 valence electrons. The van der Waals surface area contributed by atoms with Gasteiger partial charge in [-0.05, 0) is 12.5 Å². The Morgan fingerprint density at radius 3 is 2.62 bits per heavy atom. The van der Waals surface area contributed by atoms with Gasteiger partial charge in [0.1, 0.15) is 0 Å². The molecule has 1 rings (SSSR count). The Morgan fingerprint density at radius 2 is 2.38 bits per heavy atom. The minimum Gasteiger partial charge on any atom is -0.515 e. The Morgan fingerprint density at radius 1 is 1.62 bits per heavy atom. The number of rotatable bonds is 0. The first kappa shape index (κ1) is 5.16. The molecule has 1 N–H and O–H groups in total. The molecule has 8 heavy (non-hydrogen) atoms. The summed E-state index contributed by atoms with van der Waals surface area (Å²) in [5.41, 5.74) is 2.03. The van der Waals surface area contributed by atoms with Gasteiger partial charge in [-0.1, -0.05) is 18.2 Å². The van der Waals surface area contributed by atoms with Crippen LogP contribution in [0.4, 0.5) is 0 Å². The van der Waals surface area contributed by atoms with E-state index in [1.165, 1.54) is 0 Å². The summed E-state index contributed by atoms with van der Waals surface area (Å²) in [4.78, 5) is 0. The second-order valence-corrected chi connectivity index (χ2v) is 1.79. The molecular formula is C7H8O. The largest absolute Gasteiger partial charge is 0.515 e. The van der Waals surface area contributed by atoms with Crippen LogP contribution in [-0.4, -0.2) is 5.11 Å². The predicted octanol–water partition coefficient (Wildman–Crippen LogP) is 1.94. The van der Waals surface area contributed by atoms with Crippen LogP contribution in [0.5, 0.6) is 0 Å². The fraction of sp³-hybridized carbons (Fsp3) is 0.143. The van der Waals surface area contributed by atoms with E-state index in [2.05, 4.69) is 0 Å². The van der Waals surface area contributed by atoms with Crippen molar-refractivity contribution in [1.29, 1.82) is 0 Å². The molecule has 0 fully saturated rings. The summed E-state index contributed by atoms with van der Waals surface area (Å²) in [7, 11) is 0. The molecule has 0 amide bonds. The lowest BCUT2D eigenvalue weighted by molar-refractivity contribution is 0.470. The molecule has 0 saturated heterocycles. The van der Waals surface area contributed by atoms with E-state index in [4.69, 9.17) is 5.11 Å². The maximum absolute atomic E-state index is 8.48. The Hall–Kier alpha value is -0.980. The predicted molar refractivity (Wildman–Crippen MR) is 33.6 cm³/mol. The molecule has 1 aliphatic rings. The Bertz CT molecular complexity index is 173. The van der Waals surface area contributed by atoms with Crippen molar-refractivity contribution in [2.75, 3.05) is 0 Å². The third-order valence-corrected chi connectivity index (χ3v) is 1.22. The number of aliphatic hydroxyl groups is 1. The van der Waals surface area contributed by atoms with Crippen LogP contribution in [0.25, 0.3) is 0 Å². The zero-order valence-corrected chi connectivity index (χ0v) is 4.76. The Kier molecular flexibility index (Phi) is 1.20. The molecule has 1 heteroatoms. The van der Waals surface area contributed by atoms with Gasteiger partial charge in [-0.3, -0.25) is 0 Å². The van der Waals surface area contributed by atoms with Crippen molar-refractivity contribution in [1.82, 2.24) is 0 Å². The van der Waals surface area contributed by atoms with Crippen molar-refractivity contribution in [3.05, 3.63) is 35.6 Å². The van der Waals surface area contributed by atoms with Crippen molar-refractivity contribution in [2.45, 2.75) is 6.92 Å². The Balaban J connectivity index is 2.88. The van der Waals surface area contributed by atoms with E-state index in [0.29, 0.717) is 0 Å². The van der Waals surface area contributed by atoms with Crippen LogP contribution in [0.3, 0.4) is 0 Å². The normalized spacial score (nSPS) is 22.1. The van der Waals surface area contributed by atoms with E-state index in [0.717, 1.165) is 17.4 Å². The lowest BCUT2D eigenvalue weighted by Crippen LogP contribution is -1.72. The van der Waals surface area contributed by atoms with E-state index in [1.807, 2.05) is 25.2 Å². The molecule has 0 spiro atoms. The van der Waals surface area contributed by atoms with Crippen molar-refractivity contribution < 1.29 is 5.11 Å². The summed E-state index contributed by atoms with van der Waals surface area (Å²) in [5.74, 6) is 0. The quantitative estimate of drug-likeness (QED) is 0.470. The monoisotopic (exact) mass is 108 g/mol. The lowest BCUT2D eigenvalue weighted by atomic mass is 10.2. The van der Waals surface area contributed by atoms with Crippen LogP contribution in [0.2, 0.25) is 0 Å². The minimum atomic E-state index is 0.907. The summed E-state index contributed by atoms with van der Waals surface area (Å²) in [6.07, 6.45) is 6.87. The number of hydrogen-bond acceptors (Lipinski definition) is 1. The fourth-order valence-electron chi connectivity index (χ4n) is 0.669. The van der Waals surface area contributed by atoms with Gasteiger partial charge >= 0.3 is 0 Å². The molecule has 0 aromatic heterocycles. The van der Waals surface area contributed by atoms with Gasteiger partial charge in [-0.15, -0.1) is 0 Å². The van der Waals surface area contributed by atoms with Crippen molar-refractivity contribution in [3.63, 3.8) is 0 Å². The number of hydrogen-bond donors (Lipinski definition) is 1. The highest BCUT2D eigenvalue weighted by Gasteiger charge is 1.97. The van der Waals surface area contributed by atoms with Gasteiger partial charge in [0.25, 0.3) is 0 Å². The van der Waals surface area contributed by atoms with E-state index >= 15 is 0 Å². The van der Waals surface area contributed by atoms with E-state index in [1.54, 1.807) is 0 Å². The SMILES string of the molecule is CC1=CC=C/C1=C\O. The first-order chi connectivity index (χ1) is 3.84. The Labute approximate surface area is 48.6 Å². The molecule has 0 heterocycles. The van der Waals surface area contributed by atoms with Gasteiger partial charge in [0.05, 0.1) is 6.26 Å². The van der Waals surface area contributed by atoms with Crippen molar-refractivity contribution in [2.24, 2.45) is 0 Å². The van der Waals surface area contributed by atoms with Gasteiger partial charge < -0.3 is 5.11 Å². The van der Waals surface area contributed by atoms with Crippen LogP contribution in [0.15, 0.2) is 35.6 Å². The molecule has 0 saturated carbocycles. The molecule has 0 aliphatic heterocycles. The van der Waals surface area contributed by atoms with Gasteiger partial charge in [-0.2, -0.15) is 0 Å². The topological polar surface area (TPSA) is 20.2 Å². The summed E-state index contributed by atoms with van der Waals surface area (Å²) in [6.45, 7) is 1.96. The molecule has 0 aromatic rings. The fourth-order valence-corrected chi connectivity index (χ4v) is 0.669. The van der Waals surface area contributed by atoms with Crippen LogP contribution >= 0.6 is 0 Å². The first-order valence-electron chi connectivity index (χ1n) is 2.54. The average Bonchev–Trinajstić information content (AvgIpc) is 2.14. The van der Waals surface area contributed by atoms with E-state index in [-0.39, 0.29) is 0 Å². The van der Waals surface area contributed by atoms with Crippen LogP contribution in [-0.2, 0) is 0 Å². The molecule has 0 radical (unpaired) electrons. The molecular weight excluding hydrogens is 100 g/mol. The third-order valence-electron chi connectivity index (χ3n) is 1.22. The van der Waals surface area contributed by atoms with Crippen molar-refractivity contribution >= 4 is 0 Å². The first-order valence-corrected chi connectivity index (χ1v) is 2.54. The van der Waals surface area contributed by atoms with E-state index < -0.39 is 0 Å². The van der Waals surface area contributed by atoms with Crippen LogP contribution in [0.1, 0.15) is 6.92 Å². The molecule has 0 atom stereocenters. The second-order valence-electron chi connectivity index (χ2n) is 1.79. The van der Waals surface area contributed by atoms with E-state index in [9.17, 15) is 0 Å². The molecule has 1 aliphatic carbocycles. The standard InChI is InChI=1S/C7H8O/c1-6-3-2-4-7(6)5-8/h2-5,8H,1H3/b7-5+. The summed E-state index contributed by atoms with van der Waals surface area (Å²) >= 11 is 0. The molecule has 0 aromatic carbocycles. The maximum Gasteiger partial charge on any atom is 0.0866 e. The summed E-state index contributed by atoms with van der Waals surface area (Å²) in [6, 6.07) is 0. The van der Waals surface area contributed by atoms with Crippen LogP contribution in [0, 0.1) is 0 Å². The lowest BCUT2D eigenvalue weighted by Gasteiger charge is -1.89. The highest BCUT2D eigenvalue weighted by atomic mass is 16.2. The smallest absolute Gasteiger partial charge is 0.0866 e. The molecule has 0 unspecified atom stereocenters. The van der Waals surface area contributed by atoms with Gasteiger partial charge in [0.15, 0.2) is 0 Å². The highest BCUT2D eigenvalue weighted by molar-refractivity contribution is 5.45. The maximum atomic E-state index is 8.48. The molecule has 0 bridgehead atoms. The van der Waals surface area contributed by atoms with Crippen LogP contribution < -0.4 is 0 Å². The number of allylic oxidation sites excluding steroid dienone is 5. The van der Waals surface area contributed by atoms with Gasteiger partial charge in [-0.25, -0.2) is 0 Å². The summed E-state index contributed by atoms with van der Waals surface area (Å²) < 4.78 is 0. The third kappa shape index (κ3) is 0.668. The molecule has 1 nitrogen and oxygen atoms in total. The van der Waals surface area contributed by atoms with Gasteiger partial charge in [0.2, 0.25) is 0 Å². The van der Waals surface area contributed by atoms with Crippen molar-refractivity contribution in [3.8, 4) is 0 Å². The second kappa shape index (κ2) is 1.86. The zero-order chi connectivity index (χ0) is 5.98. The summed E-state index contributed by atoms with van der Waals surface area (Å²) in [5, 5.41) is 8.48.